The molecule has 0 saturated carbocycles. The Morgan fingerprint density at radius 1 is 1.20 bits per heavy atom. The number of carbonyl (C=O) groups excluding carboxylic acids is 2. The number of benzene rings is 1. The summed E-state index contributed by atoms with van der Waals surface area (Å²) >= 11 is 0. The van der Waals surface area contributed by atoms with Crippen molar-refractivity contribution in [3.63, 3.8) is 0 Å². The zero-order valence-electron chi connectivity index (χ0n) is 11.1. The van der Waals surface area contributed by atoms with Crippen LogP contribution >= 0.6 is 0 Å². The average molecular weight is 273 g/mol. The minimum absolute atomic E-state index is 0.0871. The summed E-state index contributed by atoms with van der Waals surface area (Å²) in [7, 11) is 0. The number of hydrogen-bond acceptors (Lipinski definition) is 3. The van der Waals surface area contributed by atoms with Gasteiger partial charge in [-0.2, -0.15) is 0 Å². The van der Waals surface area contributed by atoms with Crippen LogP contribution in [0.25, 0.3) is 6.08 Å². The largest absolute Gasteiger partial charge is 0.478 e. The molecule has 2 rings (SSSR count). The van der Waals surface area contributed by atoms with Crippen molar-refractivity contribution in [2.45, 2.75) is 19.8 Å². The van der Waals surface area contributed by atoms with Crippen LogP contribution < -0.4 is 4.90 Å². The lowest BCUT2D eigenvalue weighted by Gasteiger charge is -2.28. The third-order valence-corrected chi connectivity index (χ3v) is 3.11. The van der Waals surface area contributed by atoms with Crippen LogP contribution in [0.1, 0.15) is 25.3 Å². The molecule has 0 atom stereocenters. The van der Waals surface area contributed by atoms with Crippen LogP contribution in [-0.4, -0.2) is 22.9 Å². The first-order chi connectivity index (χ1) is 9.47. The molecule has 0 spiro atoms. The Morgan fingerprint density at radius 3 is 2.25 bits per heavy atom. The second kappa shape index (κ2) is 5.69. The van der Waals surface area contributed by atoms with E-state index in [1.54, 1.807) is 24.3 Å². The van der Waals surface area contributed by atoms with Crippen molar-refractivity contribution in [3.8, 4) is 0 Å². The molecule has 1 aliphatic heterocycles. The van der Waals surface area contributed by atoms with Crippen LogP contribution in [-0.2, 0) is 14.4 Å². The fourth-order valence-corrected chi connectivity index (χ4v) is 2.18. The second-order valence-corrected chi connectivity index (χ2v) is 4.90. The molecule has 1 aliphatic rings. The number of aliphatic carboxylic acids is 1. The van der Waals surface area contributed by atoms with Crippen molar-refractivity contribution in [2.75, 3.05) is 4.90 Å². The summed E-state index contributed by atoms with van der Waals surface area (Å²) in [4.78, 5) is 35.5. The van der Waals surface area contributed by atoms with Gasteiger partial charge in [-0.1, -0.05) is 19.1 Å². The van der Waals surface area contributed by atoms with Crippen molar-refractivity contribution in [1.29, 1.82) is 0 Å². The third-order valence-electron chi connectivity index (χ3n) is 3.11. The molecule has 2 amide bonds. The maximum absolute atomic E-state index is 11.9. The lowest BCUT2D eigenvalue weighted by Crippen LogP contribution is -2.42. The first-order valence-electron chi connectivity index (χ1n) is 6.34. The van der Waals surface area contributed by atoms with E-state index in [2.05, 4.69) is 0 Å². The topological polar surface area (TPSA) is 74.7 Å². The van der Waals surface area contributed by atoms with E-state index in [4.69, 9.17) is 5.11 Å². The van der Waals surface area contributed by atoms with Gasteiger partial charge in [0.15, 0.2) is 0 Å². The molecule has 104 valence electrons. The minimum Gasteiger partial charge on any atom is -0.478 e. The highest BCUT2D eigenvalue weighted by Crippen LogP contribution is 2.25. The van der Waals surface area contributed by atoms with Gasteiger partial charge in [-0.15, -0.1) is 0 Å². The lowest BCUT2D eigenvalue weighted by molar-refractivity contribution is -0.132. The molecule has 1 aromatic carbocycles. The van der Waals surface area contributed by atoms with E-state index in [1.165, 1.54) is 11.0 Å². The third kappa shape index (κ3) is 3.12. The Morgan fingerprint density at radius 2 is 1.75 bits per heavy atom. The van der Waals surface area contributed by atoms with Crippen molar-refractivity contribution in [2.24, 2.45) is 5.92 Å². The zero-order chi connectivity index (χ0) is 14.7. The number of piperidine rings is 1. The van der Waals surface area contributed by atoms with Crippen molar-refractivity contribution in [3.05, 3.63) is 35.9 Å². The van der Waals surface area contributed by atoms with Crippen molar-refractivity contribution in [1.82, 2.24) is 0 Å². The van der Waals surface area contributed by atoms with Crippen LogP contribution in [0, 0.1) is 5.92 Å². The summed E-state index contributed by atoms with van der Waals surface area (Å²) in [5.41, 5.74) is 1.22. The zero-order valence-corrected chi connectivity index (χ0v) is 11.1. The van der Waals surface area contributed by atoms with E-state index < -0.39 is 5.97 Å². The number of carbonyl (C=O) groups is 3. The van der Waals surface area contributed by atoms with Gasteiger partial charge >= 0.3 is 5.97 Å². The van der Waals surface area contributed by atoms with Gasteiger partial charge in [0, 0.05) is 18.9 Å². The Labute approximate surface area is 116 Å². The van der Waals surface area contributed by atoms with Crippen molar-refractivity contribution < 1.29 is 19.5 Å². The smallest absolute Gasteiger partial charge is 0.328 e. The van der Waals surface area contributed by atoms with Crippen LogP contribution in [0.15, 0.2) is 30.3 Å². The summed E-state index contributed by atoms with van der Waals surface area (Å²) in [6.45, 7) is 1.88. The maximum atomic E-state index is 11.9. The SMILES string of the molecule is CC1CC(=O)N(c2ccc(C=CC(=O)O)cc2)C(=O)C1. The summed E-state index contributed by atoms with van der Waals surface area (Å²) in [5.74, 6) is -1.32. The molecular weight excluding hydrogens is 258 g/mol. The Balaban J connectivity index is 2.19. The van der Waals surface area contributed by atoms with Gasteiger partial charge < -0.3 is 5.11 Å². The van der Waals surface area contributed by atoms with Gasteiger partial charge in [0.05, 0.1) is 5.69 Å². The number of carboxylic acids is 1. The summed E-state index contributed by atoms with van der Waals surface area (Å²) in [6.07, 6.45) is 3.22. The maximum Gasteiger partial charge on any atom is 0.328 e. The molecular formula is C15H15NO4. The Kier molecular flexibility index (Phi) is 3.98. The van der Waals surface area contributed by atoms with Gasteiger partial charge in [0.25, 0.3) is 0 Å². The van der Waals surface area contributed by atoms with E-state index in [0.717, 1.165) is 6.08 Å². The van der Waals surface area contributed by atoms with Crippen LogP contribution in [0.3, 0.4) is 0 Å². The molecule has 0 aromatic heterocycles. The van der Waals surface area contributed by atoms with E-state index in [1.807, 2.05) is 6.92 Å². The summed E-state index contributed by atoms with van der Waals surface area (Å²) < 4.78 is 0. The fraction of sp³-hybridized carbons (Fsp3) is 0.267. The molecule has 20 heavy (non-hydrogen) atoms. The molecule has 1 fully saturated rings. The number of amides is 2. The molecule has 5 nitrogen and oxygen atoms in total. The van der Waals surface area contributed by atoms with E-state index in [9.17, 15) is 14.4 Å². The normalized spacial score (nSPS) is 16.9. The number of nitrogens with zero attached hydrogens (tertiary/aromatic N) is 1. The predicted octanol–water partition coefficient (Wildman–Crippen LogP) is 2.07. The first-order valence-corrected chi connectivity index (χ1v) is 6.34. The van der Waals surface area contributed by atoms with Crippen LogP contribution in [0.2, 0.25) is 0 Å². The molecule has 0 unspecified atom stereocenters. The molecule has 1 aromatic rings. The molecule has 0 aliphatic carbocycles. The molecule has 1 N–H and O–H groups in total. The van der Waals surface area contributed by atoms with Gasteiger partial charge in [-0.25, -0.2) is 4.79 Å². The summed E-state index contributed by atoms with van der Waals surface area (Å²) in [5, 5.41) is 8.54. The van der Waals surface area contributed by atoms with Gasteiger partial charge in [-0.3, -0.25) is 14.5 Å². The number of imide groups is 1. The highest BCUT2D eigenvalue weighted by Gasteiger charge is 2.31. The standard InChI is InChI=1S/C15H15NO4/c1-10-8-13(17)16(14(18)9-10)12-5-2-11(3-6-12)4-7-15(19)20/h2-7,10H,8-9H2,1H3,(H,19,20). The second-order valence-electron chi connectivity index (χ2n) is 4.90. The molecule has 5 heteroatoms. The monoisotopic (exact) mass is 273 g/mol. The highest BCUT2D eigenvalue weighted by molar-refractivity contribution is 6.16. The molecule has 0 bridgehead atoms. The Bertz CT molecular complexity index is 556. The van der Waals surface area contributed by atoms with Gasteiger partial charge in [0.2, 0.25) is 11.8 Å². The lowest BCUT2D eigenvalue weighted by atomic mass is 9.97. The number of hydrogen-bond donors (Lipinski definition) is 1. The highest BCUT2D eigenvalue weighted by atomic mass is 16.4. The first kappa shape index (κ1) is 14.0. The van der Waals surface area contributed by atoms with E-state index in [0.29, 0.717) is 24.1 Å². The quantitative estimate of drug-likeness (QED) is 0.675. The van der Waals surface area contributed by atoms with Crippen LogP contribution in [0.5, 0.6) is 0 Å². The number of rotatable bonds is 3. The molecule has 1 heterocycles. The number of carboxylic acid groups (broad SMARTS) is 1. The molecule has 1 saturated heterocycles. The number of anilines is 1. The van der Waals surface area contributed by atoms with Crippen LogP contribution in [0.4, 0.5) is 5.69 Å². The van der Waals surface area contributed by atoms with Crippen molar-refractivity contribution >= 4 is 29.5 Å². The summed E-state index contributed by atoms with van der Waals surface area (Å²) in [6, 6.07) is 6.64. The molecule has 0 radical (unpaired) electrons. The predicted molar refractivity (Wildman–Crippen MR) is 74.0 cm³/mol. The fourth-order valence-electron chi connectivity index (χ4n) is 2.18. The van der Waals surface area contributed by atoms with E-state index >= 15 is 0 Å². The van der Waals surface area contributed by atoms with Gasteiger partial charge in [-0.05, 0) is 29.7 Å². The average Bonchev–Trinajstić information content (AvgIpc) is 2.36. The minimum atomic E-state index is -1.02. The van der Waals surface area contributed by atoms with Gasteiger partial charge in [0.1, 0.15) is 0 Å². The van der Waals surface area contributed by atoms with E-state index in [-0.39, 0.29) is 17.7 Å². The Hall–Kier alpha value is -2.43.